The Morgan fingerprint density at radius 3 is 2.10 bits per heavy atom. The van der Waals surface area contributed by atoms with Crippen LogP contribution in [0.25, 0.3) is 0 Å². The fourth-order valence-corrected chi connectivity index (χ4v) is 3.26. The summed E-state index contributed by atoms with van der Waals surface area (Å²) in [5.74, 6) is 0.868. The first-order valence-corrected chi connectivity index (χ1v) is 7.62. The summed E-state index contributed by atoms with van der Waals surface area (Å²) in [7, 11) is 1.68. The van der Waals surface area contributed by atoms with Crippen LogP contribution in [0.2, 0.25) is 0 Å². The molecule has 0 saturated carbocycles. The van der Waals surface area contributed by atoms with E-state index in [-0.39, 0.29) is 12.2 Å². The molecule has 1 radical (unpaired) electrons. The summed E-state index contributed by atoms with van der Waals surface area (Å²) >= 11 is -0.420. The summed E-state index contributed by atoms with van der Waals surface area (Å²) in [5.41, 5.74) is 2.41. The zero-order valence-electron chi connectivity index (χ0n) is 11.4. The molecule has 101 valence electrons. The fourth-order valence-electron chi connectivity index (χ4n) is 2.39. The molecule has 3 nitrogen and oxygen atoms in total. The smallest absolute Gasteiger partial charge is 0.497 e. The molecular weight excluding hydrogens is 267 g/mol. The van der Waals surface area contributed by atoms with Gasteiger partial charge in [-0.1, -0.05) is 42.5 Å². The minimum absolute atomic E-state index is 0.106. The molecule has 4 heteroatoms. The summed E-state index contributed by atoms with van der Waals surface area (Å²) in [5, 5.41) is 0. The highest BCUT2D eigenvalue weighted by Crippen LogP contribution is 2.35. The lowest BCUT2D eigenvalue weighted by Crippen LogP contribution is -2.23. The molecule has 1 aliphatic heterocycles. The standard InChI is InChI=1S/C16H16O3.Al/c1-19-14-9-7-13(8-10-14)16(18)11-15(17)12-5-3-2-4-6-12;/h2-10,15-16H,11H2,1H3;/q-2;+2. The number of hydrogen-bond donors (Lipinski definition) is 0. The summed E-state index contributed by atoms with van der Waals surface area (Å²) in [4.78, 5) is 0. The summed E-state index contributed by atoms with van der Waals surface area (Å²) in [6, 6.07) is 18.4. The van der Waals surface area contributed by atoms with Crippen LogP contribution in [0.4, 0.5) is 0 Å². The summed E-state index contributed by atoms with van der Waals surface area (Å²) < 4.78 is 16.8. The first kappa shape index (κ1) is 13.7. The molecule has 0 aliphatic carbocycles. The van der Waals surface area contributed by atoms with E-state index in [1.54, 1.807) is 7.11 Å². The van der Waals surface area contributed by atoms with Crippen molar-refractivity contribution in [2.75, 3.05) is 7.11 Å². The second kappa shape index (κ2) is 6.43. The maximum Gasteiger partial charge on any atom is 0.669 e. The second-order valence-corrected chi connectivity index (χ2v) is 5.50. The molecule has 2 unspecified atom stereocenters. The molecule has 2 aromatic rings. The Labute approximate surface area is 125 Å². The van der Waals surface area contributed by atoms with Gasteiger partial charge in [0.25, 0.3) is 0 Å². The van der Waals surface area contributed by atoms with Gasteiger partial charge in [-0.3, -0.25) is 0 Å². The normalized spacial score (nSPS) is 22.1. The molecule has 0 N–H and O–H groups in total. The van der Waals surface area contributed by atoms with Gasteiger partial charge in [-0.2, -0.15) is 0 Å². The van der Waals surface area contributed by atoms with Crippen molar-refractivity contribution >= 4 is 15.9 Å². The largest absolute Gasteiger partial charge is 0.669 e. The van der Waals surface area contributed by atoms with Crippen LogP contribution >= 0.6 is 0 Å². The number of methoxy groups -OCH3 is 1. The Morgan fingerprint density at radius 2 is 1.50 bits per heavy atom. The highest BCUT2D eigenvalue weighted by atomic mass is 27.2. The molecule has 1 heterocycles. The minimum atomic E-state index is -0.420. The van der Waals surface area contributed by atoms with Crippen LogP contribution in [0.5, 0.6) is 5.75 Å². The predicted octanol–water partition coefficient (Wildman–Crippen LogP) is 3.45. The van der Waals surface area contributed by atoms with Crippen molar-refractivity contribution in [1.82, 2.24) is 0 Å². The van der Waals surface area contributed by atoms with Crippen LogP contribution in [0.15, 0.2) is 54.6 Å². The topological polar surface area (TPSA) is 27.7 Å². The molecule has 20 heavy (non-hydrogen) atoms. The van der Waals surface area contributed by atoms with Crippen LogP contribution in [0, 0.1) is 0 Å². The van der Waals surface area contributed by atoms with Crippen molar-refractivity contribution in [2.24, 2.45) is 0 Å². The van der Waals surface area contributed by atoms with Gasteiger partial charge in [0.15, 0.2) is 0 Å². The number of hydrogen-bond acceptors (Lipinski definition) is 3. The van der Waals surface area contributed by atoms with E-state index in [9.17, 15) is 0 Å². The Hall–Kier alpha value is -1.31. The van der Waals surface area contributed by atoms with Crippen molar-refractivity contribution in [2.45, 2.75) is 18.6 Å². The highest BCUT2D eigenvalue weighted by Gasteiger charge is 2.27. The average Bonchev–Trinajstić information content (AvgIpc) is 2.56. The van der Waals surface area contributed by atoms with Crippen molar-refractivity contribution < 1.29 is 12.3 Å². The number of rotatable bonds is 3. The first-order valence-electron chi connectivity index (χ1n) is 6.68. The van der Waals surface area contributed by atoms with E-state index in [1.807, 2.05) is 30.3 Å². The van der Waals surface area contributed by atoms with E-state index in [0.717, 1.165) is 12.2 Å². The third-order valence-corrected chi connectivity index (χ3v) is 4.41. The summed E-state index contributed by atoms with van der Waals surface area (Å²) in [6.07, 6.45) is 1.09. The monoisotopic (exact) mass is 283 g/mol. The van der Waals surface area contributed by atoms with Gasteiger partial charge in [-0.05, 0) is 23.3 Å². The number of benzene rings is 2. The number of ether oxygens (including phenoxy) is 1. The van der Waals surface area contributed by atoms with Gasteiger partial charge in [0.1, 0.15) is 5.75 Å². The SMILES string of the molecule is COc1ccc(C2CC(c3ccccc3)[O][Al][O]2)cc1. The van der Waals surface area contributed by atoms with Gasteiger partial charge in [0.2, 0.25) is 0 Å². The molecule has 1 fully saturated rings. The highest BCUT2D eigenvalue weighted by molar-refractivity contribution is 6.18. The lowest BCUT2D eigenvalue weighted by Gasteiger charge is -2.31. The lowest BCUT2D eigenvalue weighted by atomic mass is 9.99. The molecular formula is C16H16AlO3. The van der Waals surface area contributed by atoms with Crippen molar-refractivity contribution in [1.29, 1.82) is 0 Å². The molecule has 3 rings (SSSR count). The van der Waals surface area contributed by atoms with Gasteiger partial charge in [-0.15, -0.1) is 0 Å². The molecule has 0 aromatic heterocycles. The van der Waals surface area contributed by atoms with E-state index < -0.39 is 15.9 Å². The Balaban J connectivity index is 1.74. The van der Waals surface area contributed by atoms with Crippen LogP contribution in [0.1, 0.15) is 29.8 Å². The molecule has 1 aliphatic rings. The van der Waals surface area contributed by atoms with E-state index in [1.165, 1.54) is 11.1 Å². The van der Waals surface area contributed by atoms with Crippen LogP contribution < -0.4 is 4.74 Å². The van der Waals surface area contributed by atoms with Gasteiger partial charge in [-0.25, -0.2) is 0 Å². The van der Waals surface area contributed by atoms with Crippen LogP contribution in [-0.2, 0) is 7.58 Å². The van der Waals surface area contributed by atoms with Crippen molar-refractivity contribution in [3.63, 3.8) is 0 Å². The molecule has 2 atom stereocenters. The Bertz CT molecular complexity index is 541. The maximum absolute atomic E-state index is 5.81. The van der Waals surface area contributed by atoms with Gasteiger partial charge in [0, 0.05) is 6.42 Å². The fraction of sp³-hybridized carbons (Fsp3) is 0.250. The van der Waals surface area contributed by atoms with E-state index >= 15 is 0 Å². The average molecular weight is 283 g/mol. The Morgan fingerprint density at radius 1 is 0.900 bits per heavy atom. The van der Waals surface area contributed by atoms with Gasteiger partial charge >= 0.3 is 15.9 Å². The van der Waals surface area contributed by atoms with E-state index in [2.05, 4.69) is 24.3 Å². The molecule has 0 bridgehead atoms. The minimum Gasteiger partial charge on any atom is -0.497 e. The molecule has 1 saturated heterocycles. The van der Waals surface area contributed by atoms with E-state index in [0.29, 0.717) is 0 Å². The van der Waals surface area contributed by atoms with Gasteiger partial charge < -0.3 is 12.3 Å². The third-order valence-electron chi connectivity index (χ3n) is 3.53. The quantitative estimate of drug-likeness (QED) is 0.807. The summed E-state index contributed by atoms with van der Waals surface area (Å²) in [6.45, 7) is 0. The third kappa shape index (κ3) is 3.05. The first-order chi connectivity index (χ1) is 9.86. The molecule has 0 amide bonds. The predicted molar refractivity (Wildman–Crippen MR) is 77.5 cm³/mol. The Kier molecular flexibility index (Phi) is 4.39. The van der Waals surface area contributed by atoms with Crippen LogP contribution in [0.3, 0.4) is 0 Å². The zero-order chi connectivity index (χ0) is 13.8. The van der Waals surface area contributed by atoms with Crippen molar-refractivity contribution in [3.05, 3.63) is 65.7 Å². The van der Waals surface area contributed by atoms with E-state index in [4.69, 9.17) is 12.3 Å². The maximum atomic E-state index is 5.81. The van der Waals surface area contributed by atoms with Gasteiger partial charge in [0.05, 0.1) is 19.3 Å². The van der Waals surface area contributed by atoms with Crippen LogP contribution in [-0.4, -0.2) is 23.0 Å². The van der Waals surface area contributed by atoms with Crippen molar-refractivity contribution in [3.8, 4) is 5.75 Å². The molecule has 0 spiro atoms. The second-order valence-electron chi connectivity index (χ2n) is 4.77. The lowest BCUT2D eigenvalue weighted by molar-refractivity contribution is 0.0306. The zero-order valence-corrected chi connectivity index (χ0v) is 12.5. The molecule has 2 aromatic carbocycles.